The lowest BCUT2D eigenvalue weighted by Gasteiger charge is -2.13. The Morgan fingerprint density at radius 3 is 2.80 bits per heavy atom. The Kier molecular flexibility index (Phi) is 2.59. The Hall–Kier alpha value is -0.670. The fraction of sp³-hybridized carbons (Fsp3) is 0. The molecule has 1 heterocycles. The molecular weight excluding hydrogens is 162 g/mol. The molecule has 0 N–H and O–H groups in total. The number of rotatable bonds is 1. The first-order chi connectivity index (χ1) is 4.84. The second kappa shape index (κ2) is 3.49. The average Bonchev–Trinajstić information content (AvgIpc) is 2.05. The van der Waals surface area contributed by atoms with Crippen LogP contribution in [0.4, 0.5) is 0 Å². The van der Waals surface area contributed by atoms with Crippen molar-refractivity contribution in [1.82, 2.24) is 4.98 Å². The van der Waals surface area contributed by atoms with E-state index in [1.807, 2.05) is 18.2 Å². The van der Waals surface area contributed by atoms with E-state index in [4.69, 9.17) is 12.6 Å². The molecule has 0 unspecified atom stereocenters. The summed E-state index contributed by atoms with van der Waals surface area (Å²) in [6.07, 6.45) is 1.69. The molecule has 52 valence electrons. The first-order valence-corrected chi connectivity index (χ1v) is 3.63. The normalized spacial score (nSPS) is 11.4. The standard InChI is InChI=1S/C7H7NS2/c9-5-7(10)6-3-1-2-4-8-6/h1-5,9-10H/p-2/b7-5-. The fourth-order valence-electron chi connectivity index (χ4n) is 0.569. The number of nitrogens with zero attached hydrogens (tertiary/aromatic N) is 1. The molecule has 10 heavy (non-hydrogen) atoms. The lowest BCUT2D eigenvalue weighted by atomic mass is 10.3. The van der Waals surface area contributed by atoms with E-state index in [1.165, 1.54) is 5.41 Å². The first kappa shape index (κ1) is 7.44. The average molecular weight is 167 g/mol. The number of hydrogen-bond donors (Lipinski definition) is 0. The molecule has 1 aromatic heterocycles. The molecule has 0 aliphatic rings. The van der Waals surface area contributed by atoms with Crippen LogP contribution in [0.3, 0.4) is 0 Å². The SMILES string of the molecule is [S-]/C=C(\[S-])c1ccccn1. The minimum absolute atomic E-state index is 0.621. The third-order valence-electron chi connectivity index (χ3n) is 1.02. The topological polar surface area (TPSA) is 12.9 Å². The summed E-state index contributed by atoms with van der Waals surface area (Å²) >= 11 is 9.55. The van der Waals surface area contributed by atoms with Gasteiger partial charge in [-0.1, -0.05) is 6.07 Å². The van der Waals surface area contributed by atoms with Gasteiger partial charge in [-0.15, -0.1) is 0 Å². The van der Waals surface area contributed by atoms with Crippen LogP contribution >= 0.6 is 0 Å². The Bertz CT molecular complexity index is 231. The Morgan fingerprint density at radius 1 is 1.50 bits per heavy atom. The van der Waals surface area contributed by atoms with Gasteiger partial charge in [-0.3, -0.25) is 4.98 Å². The van der Waals surface area contributed by atoms with Crippen LogP contribution in [0.15, 0.2) is 29.8 Å². The molecule has 0 radical (unpaired) electrons. The number of hydrogen-bond acceptors (Lipinski definition) is 3. The predicted octanol–water partition coefficient (Wildman–Crippen LogP) is 1.47. The zero-order valence-electron chi connectivity index (χ0n) is 5.15. The summed E-state index contributed by atoms with van der Waals surface area (Å²) in [6, 6.07) is 5.56. The molecule has 0 spiro atoms. The van der Waals surface area contributed by atoms with Crippen molar-refractivity contribution < 1.29 is 0 Å². The van der Waals surface area contributed by atoms with Crippen LogP contribution in [0.2, 0.25) is 0 Å². The van der Waals surface area contributed by atoms with Gasteiger partial charge in [-0.2, -0.15) is 4.91 Å². The van der Waals surface area contributed by atoms with Crippen molar-refractivity contribution in [2.75, 3.05) is 0 Å². The molecule has 1 nitrogen and oxygen atoms in total. The van der Waals surface area contributed by atoms with Crippen molar-refractivity contribution in [2.45, 2.75) is 0 Å². The summed E-state index contributed by atoms with van der Waals surface area (Å²) in [7, 11) is 0. The zero-order valence-corrected chi connectivity index (χ0v) is 6.78. The molecule has 0 bridgehead atoms. The molecule has 0 atom stereocenters. The maximum atomic E-state index is 4.90. The molecule has 0 fully saturated rings. The van der Waals surface area contributed by atoms with Crippen molar-refractivity contribution in [3.8, 4) is 0 Å². The zero-order chi connectivity index (χ0) is 7.40. The van der Waals surface area contributed by atoms with E-state index in [0.29, 0.717) is 4.91 Å². The molecule has 0 aliphatic carbocycles. The molecule has 1 aromatic rings. The summed E-state index contributed by atoms with van der Waals surface area (Å²) in [5, 5.41) is 1.46. The Balaban J connectivity index is 2.96. The summed E-state index contributed by atoms with van der Waals surface area (Å²) in [4.78, 5) is 4.63. The van der Waals surface area contributed by atoms with E-state index in [9.17, 15) is 0 Å². The van der Waals surface area contributed by atoms with Gasteiger partial charge < -0.3 is 25.3 Å². The van der Waals surface area contributed by atoms with Gasteiger partial charge in [-0.05, 0) is 12.1 Å². The van der Waals surface area contributed by atoms with Crippen molar-refractivity contribution in [3.63, 3.8) is 0 Å². The summed E-state index contributed by atoms with van der Waals surface area (Å²) < 4.78 is 0. The van der Waals surface area contributed by atoms with Gasteiger partial charge in [0.05, 0.1) is 0 Å². The van der Waals surface area contributed by atoms with E-state index < -0.39 is 0 Å². The lowest BCUT2D eigenvalue weighted by Crippen LogP contribution is -1.82. The summed E-state index contributed by atoms with van der Waals surface area (Å²) in [5.74, 6) is 0. The van der Waals surface area contributed by atoms with E-state index in [1.54, 1.807) is 6.20 Å². The minimum atomic E-state index is 0.621. The third kappa shape index (κ3) is 1.65. The van der Waals surface area contributed by atoms with Gasteiger partial charge >= 0.3 is 0 Å². The van der Waals surface area contributed by atoms with Crippen molar-refractivity contribution in [3.05, 3.63) is 35.5 Å². The van der Waals surface area contributed by atoms with Gasteiger partial charge in [0.15, 0.2) is 0 Å². The number of pyridine rings is 1. The highest BCUT2D eigenvalue weighted by Crippen LogP contribution is 2.06. The lowest BCUT2D eigenvalue weighted by molar-refractivity contribution is 1.29. The van der Waals surface area contributed by atoms with Gasteiger partial charge in [0.25, 0.3) is 0 Å². The fourth-order valence-corrected chi connectivity index (χ4v) is 0.810. The highest BCUT2D eigenvalue weighted by atomic mass is 32.1. The largest absolute Gasteiger partial charge is 0.789 e. The second-order valence-electron chi connectivity index (χ2n) is 1.70. The van der Waals surface area contributed by atoms with Crippen LogP contribution in [-0.4, -0.2) is 4.98 Å². The Labute approximate surface area is 71.0 Å². The van der Waals surface area contributed by atoms with E-state index in [2.05, 4.69) is 17.6 Å². The van der Waals surface area contributed by atoms with Gasteiger partial charge in [0.2, 0.25) is 0 Å². The van der Waals surface area contributed by atoms with Crippen LogP contribution in [0.5, 0.6) is 0 Å². The van der Waals surface area contributed by atoms with Crippen LogP contribution in [0.25, 0.3) is 4.91 Å². The summed E-state index contributed by atoms with van der Waals surface area (Å²) in [5.41, 5.74) is 0.771. The minimum Gasteiger partial charge on any atom is -0.789 e. The smallest absolute Gasteiger partial charge is 0.0418 e. The molecule has 1 rings (SSSR count). The quantitative estimate of drug-likeness (QED) is 0.588. The van der Waals surface area contributed by atoms with Gasteiger partial charge in [0.1, 0.15) is 0 Å². The van der Waals surface area contributed by atoms with Crippen LogP contribution in [0.1, 0.15) is 5.69 Å². The maximum absolute atomic E-state index is 4.90. The molecule has 0 aliphatic heterocycles. The van der Waals surface area contributed by atoms with Gasteiger partial charge in [-0.25, -0.2) is 5.41 Å². The molecule has 0 amide bonds. The van der Waals surface area contributed by atoms with Gasteiger partial charge in [0, 0.05) is 11.9 Å². The monoisotopic (exact) mass is 167 g/mol. The van der Waals surface area contributed by atoms with Crippen molar-refractivity contribution in [1.29, 1.82) is 0 Å². The Morgan fingerprint density at radius 2 is 2.30 bits per heavy atom. The molecule has 0 aromatic carbocycles. The molecule has 3 heteroatoms. The van der Waals surface area contributed by atoms with Crippen LogP contribution in [0, 0.1) is 0 Å². The number of aromatic nitrogens is 1. The summed E-state index contributed by atoms with van der Waals surface area (Å²) in [6.45, 7) is 0. The molecule has 0 saturated carbocycles. The van der Waals surface area contributed by atoms with Crippen LogP contribution < -0.4 is 0 Å². The molecular formula is C7H5NS2-2. The second-order valence-corrected chi connectivity index (χ2v) is 2.37. The van der Waals surface area contributed by atoms with E-state index >= 15 is 0 Å². The third-order valence-corrected chi connectivity index (χ3v) is 1.74. The maximum Gasteiger partial charge on any atom is 0.0418 e. The van der Waals surface area contributed by atoms with Crippen molar-refractivity contribution >= 4 is 30.2 Å². The first-order valence-electron chi connectivity index (χ1n) is 2.75. The van der Waals surface area contributed by atoms with Crippen molar-refractivity contribution in [2.24, 2.45) is 0 Å². The van der Waals surface area contributed by atoms with E-state index in [0.717, 1.165) is 5.69 Å². The van der Waals surface area contributed by atoms with E-state index in [-0.39, 0.29) is 0 Å². The molecule has 0 saturated heterocycles. The highest BCUT2D eigenvalue weighted by Gasteiger charge is 1.81. The highest BCUT2D eigenvalue weighted by molar-refractivity contribution is 7.72. The predicted molar refractivity (Wildman–Crippen MR) is 46.9 cm³/mol. The van der Waals surface area contributed by atoms with Crippen LogP contribution in [-0.2, 0) is 25.3 Å².